The van der Waals surface area contributed by atoms with Crippen LogP contribution in [0.15, 0.2) is 36.9 Å². The van der Waals surface area contributed by atoms with Gasteiger partial charge in [-0.05, 0) is 24.1 Å². The molecule has 2 amide bonds. The fourth-order valence-corrected chi connectivity index (χ4v) is 2.71. The van der Waals surface area contributed by atoms with Gasteiger partial charge in [0.2, 0.25) is 0 Å². The zero-order valence-corrected chi connectivity index (χ0v) is 16.1. The van der Waals surface area contributed by atoms with Crippen LogP contribution < -0.4 is 16.8 Å². The maximum atomic E-state index is 11.9. The lowest BCUT2D eigenvalue weighted by Crippen LogP contribution is -2.19. The molecule has 2 rings (SSSR count). The Hall–Kier alpha value is -3.42. The van der Waals surface area contributed by atoms with E-state index in [1.165, 1.54) is 0 Å². The molecule has 0 spiro atoms. The third-order valence-corrected chi connectivity index (χ3v) is 4.15. The Morgan fingerprint density at radius 2 is 2.04 bits per heavy atom. The predicted octanol–water partition coefficient (Wildman–Crippen LogP) is 2.81. The lowest BCUT2D eigenvalue weighted by molar-refractivity contribution is 0.0995. The number of hydrogen-bond acceptors (Lipinski definition) is 6. The molecule has 148 valence electrons. The van der Waals surface area contributed by atoms with Gasteiger partial charge in [0, 0.05) is 18.0 Å². The maximum absolute atomic E-state index is 11.9. The minimum Gasteiger partial charge on any atom is -0.449 e. The van der Waals surface area contributed by atoms with Crippen molar-refractivity contribution in [3.05, 3.63) is 59.6 Å². The minimum atomic E-state index is -0.812. The van der Waals surface area contributed by atoms with Gasteiger partial charge in [-0.15, -0.1) is 6.58 Å². The van der Waals surface area contributed by atoms with Crippen molar-refractivity contribution in [1.82, 2.24) is 9.97 Å². The highest BCUT2D eigenvalue weighted by atomic mass is 16.5. The summed E-state index contributed by atoms with van der Waals surface area (Å²) in [5.74, 6) is -0.427. The molecular formula is C20H25N5O3. The summed E-state index contributed by atoms with van der Waals surface area (Å²) in [6.07, 6.45) is 2.08. The number of nitrogens with two attached hydrogens (primary N) is 2. The maximum Gasteiger partial charge on any atom is 0.404 e. The monoisotopic (exact) mass is 383 g/mol. The summed E-state index contributed by atoms with van der Waals surface area (Å²) in [4.78, 5) is 31.6. The third kappa shape index (κ3) is 5.29. The number of amides is 2. The average Bonchev–Trinajstić information content (AvgIpc) is 2.66. The van der Waals surface area contributed by atoms with Crippen LogP contribution in [-0.2, 0) is 17.6 Å². The summed E-state index contributed by atoms with van der Waals surface area (Å²) in [5, 5.41) is 3.12. The molecule has 5 N–H and O–H groups in total. The van der Waals surface area contributed by atoms with Crippen molar-refractivity contribution < 1.29 is 14.3 Å². The van der Waals surface area contributed by atoms with Crippen LogP contribution in [0.5, 0.6) is 0 Å². The van der Waals surface area contributed by atoms with Crippen LogP contribution in [0.25, 0.3) is 0 Å². The highest BCUT2D eigenvalue weighted by molar-refractivity contribution is 5.96. The predicted molar refractivity (Wildman–Crippen MR) is 108 cm³/mol. The number of carbonyl (C=O) groups excluding carboxylic acids is 2. The first-order valence-corrected chi connectivity index (χ1v) is 8.95. The minimum absolute atomic E-state index is 0.0604. The van der Waals surface area contributed by atoms with E-state index in [0.29, 0.717) is 30.0 Å². The Bertz CT molecular complexity index is 882. The number of benzene rings is 1. The van der Waals surface area contributed by atoms with Gasteiger partial charge in [-0.25, -0.2) is 14.8 Å². The molecule has 0 bridgehead atoms. The number of primary amides is 2. The van der Waals surface area contributed by atoms with Crippen molar-refractivity contribution in [3.63, 3.8) is 0 Å². The quantitative estimate of drug-likeness (QED) is 0.570. The normalized spacial score (nSPS) is 11.5. The molecule has 1 atom stereocenters. The largest absolute Gasteiger partial charge is 0.449 e. The Labute approximate surface area is 164 Å². The molecular weight excluding hydrogens is 358 g/mol. The van der Waals surface area contributed by atoms with E-state index >= 15 is 0 Å². The van der Waals surface area contributed by atoms with Crippen molar-refractivity contribution in [2.45, 2.75) is 32.6 Å². The van der Waals surface area contributed by atoms with Crippen LogP contribution in [-0.4, -0.2) is 28.6 Å². The molecule has 28 heavy (non-hydrogen) atoms. The Morgan fingerprint density at radius 3 is 2.64 bits per heavy atom. The fourth-order valence-electron chi connectivity index (χ4n) is 2.71. The molecule has 0 fully saturated rings. The van der Waals surface area contributed by atoms with Crippen LogP contribution in [0.3, 0.4) is 0 Å². The summed E-state index contributed by atoms with van der Waals surface area (Å²) in [5.41, 5.74) is 13.7. The topological polar surface area (TPSA) is 133 Å². The van der Waals surface area contributed by atoms with Crippen LogP contribution >= 0.6 is 0 Å². The van der Waals surface area contributed by atoms with E-state index < -0.39 is 12.0 Å². The zero-order valence-electron chi connectivity index (χ0n) is 16.1. The lowest BCUT2D eigenvalue weighted by atomic mass is 10.0. The van der Waals surface area contributed by atoms with Crippen LogP contribution in [0.1, 0.15) is 47.2 Å². The SMILES string of the molecule is C=CCc1nc(Nc2cccc([C@@H](C)COC(N)=O)c2)c(C(N)=O)nc1CC. The highest BCUT2D eigenvalue weighted by Gasteiger charge is 2.17. The number of aromatic nitrogens is 2. The zero-order chi connectivity index (χ0) is 20.7. The number of nitrogens with one attached hydrogen (secondary N) is 1. The van der Waals surface area contributed by atoms with Gasteiger partial charge in [-0.3, -0.25) is 4.79 Å². The molecule has 0 aliphatic heterocycles. The van der Waals surface area contributed by atoms with Gasteiger partial charge >= 0.3 is 6.09 Å². The standard InChI is InChI=1S/C20H25N5O3/c1-4-7-16-15(5-2)24-17(18(21)26)19(25-16)23-14-9-6-8-13(10-14)12(3)11-28-20(22)27/h4,6,8-10,12H,1,5,7,11H2,2-3H3,(H2,21,26)(H2,22,27)(H,23,25)/t12-/m0/s1. The summed E-state index contributed by atoms with van der Waals surface area (Å²) in [7, 11) is 0. The molecule has 1 aromatic carbocycles. The number of hydrogen-bond donors (Lipinski definition) is 3. The number of nitrogens with zero attached hydrogens (tertiary/aromatic N) is 2. The average molecular weight is 383 g/mol. The summed E-state index contributed by atoms with van der Waals surface area (Å²) >= 11 is 0. The number of carbonyl (C=O) groups is 2. The van der Waals surface area contributed by atoms with Gasteiger partial charge in [0.1, 0.15) is 0 Å². The van der Waals surface area contributed by atoms with Crippen LogP contribution in [0.4, 0.5) is 16.3 Å². The van der Waals surface area contributed by atoms with E-state index in [0.717, 1.165) is 11.3 Å². The van der Waals surface area contributed by atoms with Crippen molar-refractivity contribution in [2.75, 3.05) is 11.9 Å². The van der Waals surface area contributed by atoms with E-state index in [1.807, 2.05) is 38.1 Å². The van der Waals surface area contributed by atoms with E-state index in [9.17, 15) is 9.59 Å². The fraction of sp³-hybridized carbons (Fsp3) is 0.300. The Morgan fingerprint density at radius 1 is 1.29 bits per heavy atom. The molecule has 0 unspecified atom stereocenters. The van der Waals surface area contributed by atoms with Crippen LogP contribution in [0.2, 0.25) is 0 Å². The number of anilines is 2. The third-order valence-electron chi connectivity index (χ3n) is 4.15. The van der Waals surface area contributed by atoms with E-state index in [4.69, 9.17) is 16.2 Å². The molecule has 2 aromatic rings. The van der Waals surface area contributed by atoms with E-state index in [-0.39, 0.29) is 18.2 Å². The Balaban J connectivity index is 2.35. The number of ether oxygens (including phenoxy) is 1. The van der Waals surface area contributed by atoms with Gasteiger partial charge in [0.05, 0.1) is 18.0 Å². The summed E-state index contributed by atoms with van der Waals surface area (Å²) in [6.45, 7) is 7.75. The number of allylic oxidation sites excluding steroid dienone is 1. The second kappa shape index (κ2) is 9.50. The van der Waals surface area contributed by atoms with Crippen LogP contribution in [0, 0.1) is 0 Å². The first-order chi connectivity index (χ1) is 13.3. The van der Waals surface area contributed by atoms with Gasteiger partial charge in [-0.2, -0.15) is 0 Å². The molecule has 8 nitrogen and oxygen atoms in total. The summed E-state index contributed by atoms with van der Waals surface area (Å²) in [6, 6.07) is 7.46. The number of aryl methyl sites for hydroxylation is 1. The van der Waals surface area contributed by atoms with Gasteiger partial charge in [-0.1, -0.05) is 32.1 Å². The molecule has 0 radical (unpaired) electrons. The first kappa shape index (κ1) is 20.9. The highest BCUT2D eigenvalue weighted by Crippen LogP contribution is 2.24. The molecule has 0 saturated heterocycles. The van der Waals surface area contributed by atoms with E-state index in [2.05, 4.69) is 21.9 Å². The Kier molecular flexibility index (Phi) is 7.08. The van der Waals surface area contributed by atoms with Crippen molar-refractivity contribution in [2.24, 2.45) is 11.5 Å². The second-order valence-corrected chi connectivity index (χ2v) is 6.31. The second-order valence-electron chi connectivity index (χ2n) is 6.31. The summed E-state index contributed by atoms with van der Waals surface area (Å²) < 4.78 is 4.86. The van der Waals surface area contributed by atoms with E-state index in [1.54, 1.807) is 6.08 Å². The lowest BCUT2D eigenvalue weighted by Gasteiger charge is -2.15. The first-order valence-electron chi connectivity index (χ1n) is 8.95. The molecule has 0 aliphatic carbocycles. The van der Waals surface area contributed by atoms with Gasteiger partial charge < -0.3 is 21.5 Å². The molecule has 0 saturated carbocycles. The van der Waals surface area contributed by atoms with Gasteiger partial charge in [0.25, 0.3) is 5.91 Å². The van der Waals surface area contributed by atoms with Gasteiger partial charge in [0.15, 0.2) is 11.5 Å². The smallest absolute Gasteiger partial charge is 0.404 e. The molecule has 8 heteroatoms. The molecule has 0 aliphatic rings. The molecule has 1 heterocycles. The van der Waals surface area contributed by atoms with Crippen molar-refractivity contribution >= 4 is 23.5 Å². The van der Waals surface area contributed by atoms with Crippen molar-refractivity contribution in [1.29, 1.82) is 0 Å². The molecule has 1 aromatic heterocycles. The van der Waals surface area contributed by atoms with Crippen molar-refractivity contribution in [3.8, 4) is 0 Å². The number of rotatable bonds is 9.